The summed E-state index contributed by atoms with van der Waals surface area (Å²) < 4.78 is 16.1. The summed E-state index contributed by atoms with van der Waals surface area (Å²) in [5.41, 5.74) is 1.18. The Morgan fingerprint density at radius 1 is 1.40 bits per heavy atom. The molecule has 0 N–H and O–H groups in total. The number of halogens is 1. The third-order valence-corrected chi connectivity index (χ3v) is 2.98. The van der Waals surface area contributed by atoms with Gasteiger partial charge in [0.2, 0.25) is 0 Å². The van der Waals surface area contributed by atoms with Crippen LogP contribution < -0.4 is 9.47 Å². The first-order chi connectivity index (χ1) is 9.55. The van der Waals surface area contributed by atoms with Gasteiger partial charge in [-0.1, -0.05) is 16.8 Å². The number of rotatable bonds is 4. The normalized spacial score (nSPS) is 11.8. The number of benzene rings is 1. The van der Waals surface area contributed by atoms with Crippen LogP contribution in [0.2, 0.25) is 5.02 Å². The Hall–Kier alpha value is -2.19. The van der Waals surface area contributed by atoms with Crippen molar-refractivity contribution in [3.8, 4) is 17.6 Å². The monoisotopic (exact) mass is 292 g/mol. The van der Waals surface area contributed by atoms with Crippen molar-refractivity contribution in [3.63, 3.8) is 0 Å². The van der Waals surface area contributed by atoms with E-state index in [0.717, 1.165) is 5.69 Å². The van der Waals surface area contributed by atoms with Crippen molar-refractivity contribution in [2.24, 2.45) is 0 Å². The molecular formula is C14H13ClN2O3. The van der Waals surface area contributed by atoms with E-state index < -0.39 is 0 Å². The maximum atomic E-state index is 8.91. The maximum absolute atomic E-state index is 8.91. The summed E-state index contributed by atoms with van der Waals surface area (Å²) >= 11 is 6.13. The van der Waals surface area contributed by atoms with Crippen molar-refractivity contribution >= 4 is 11.6 Å². The number of nitrogens with zero attached hydrogens (tertiary/aromatic N) is 2. The topological polar surface area (TPSA) is 68.3 Å². The van der Waals surface area contributed by atoms with Gasteiger partial charge < -0.3 is 14.0 Å². The van der Waals surface area contributed by atoms with Crippen molar-refractivity contribution in [1.82, 2.24) is 5.16 Å². The Bertz CT molecular complexity index is 661. The molecule has 1 aromatic heterocycles. The van der Waals surface area contributed by atoms with E-state index in [-0.39, 0.29) is 6.10 Å². The Morgan fingerprint density at radius 3 is 2.70 bits per heavy atom. The molecule has 0 radical (unpaired) electrons. The third-order valence-electron chi connectivity index (χ3n) is 2.70. The van der Waals surface area contributed by atoms with Crippen molar-refractivity contribution < 1.29 is 14.0 Å². The zero-order valence-electron chi connectivity index (χ0n) is 11.3. The first kappa shape index (κ1) is 14.2. The molecule has 1 unspecified atom stereocenters. The Labute approximate surface area is 121 Å². The summed E-state index contributed by atoms with van der Waals surface area (Å²) in [4.78, 5) is 0. The van der Waals surface area contributed by atoms with Crippen LogP contribution in [-0.4, -0.2) is 12.3 Å². The second-order valence-electron chi connectivity index (χ2n) is 4.23. The van der Waals surface area contributed by atoms with Gasteiger partial charge in [-0.2, -0.15) is 5.26 Å². The highest BCUT2D eigenvalue weighted by Crippen LogP contribution is 2.38. The van der Waals surface area contributed by atoms with Crippen LogP contribution in [0.25, 0.3) is 0 Å². The van der Waals surface area contributed by atoms with E-state index >= 15 is 0 Å². The molecule has 0 saturated heterocycles. The number of ether oxygens (including phenoxy) is 2. The lowest BCUT2D eigenvalue weighted by atomic mass is 10.2. The first-order valence-electron chi connectivity index (χ1n) is 5.92. The lowest BCUT2D eigenvalue weighted by Gasteiger charge is -2.16. The van der Waals surface area contributed by atoms with Crippen LogP contribution in [0.5, 0.6) is 11.5 Å². The van der Waals surface area contributed by atoms with Gasteiger partial charge in [-0.3, -0.25) is 0 Å². The zero-order valence-corrected chi connectivity index (χ0v) is 12.1. The molecule has 0 fully saturated rings. The minimum absolute atomic E-state index is 0.309. The molecule has 0 aliphatic carbocycles. The van der Waals surface area contributed by atoms with Crippen LogP contribution in [0.3, 0.4) is 0 Å². The summed E-state index contributed by atoms with van der Waals surface area (Å²) in [6, 6.07) is 6.89. The lowest BCUT2D eigenvalue weighted by molar-refractivity contribution is 0.175. The summed E-state index contributed by atoms with van der Waals surface area (Å²) in [5.74, 6) is 1.36. The van der Waals surface area contributed by atoms with Gasteiger partial charge in [-0.25, -0.2) is 0 Å². The number of aromatic nitrogens is 1. The SMILES string of the molecule is COc1cc(C#N)cc(Cl)c1OC(C)c1cc(C)no1. The fourth-order valence-electron chi connectivity index (χ4n) is 1.71. The van der Waals surface area contributed by atoms with Gasteiger partial charge in [-0.05, 0) is 19.9 Å². The molecule has 1 aromatic carbocycles. The molecule has 2 rings (SSSR count). The highest BCUT2D eigenvalue weighted by molar-refractivity contribution is 6.32. The summed E-state index contributed by atoms with van der Waals surface area (Å²) in [6.07, 6.45) is -0.379. The van der Waals surface area contributed by atoms with E-state index in [9.17, 15) is 0 Å². The molecule has 1 atom stereocenters. The largest absolute Gasteiger partial charge is 0.493 e. The molecule has 0 aliphatic heterocycles. The fourth-order valence-corrected chi connectivity index (χ4v) is 1.96. The van der Waals surface area contributed by atoms with Crippen molar-refractivity contribution in [2.75, 3.05) is 7.11 Å². The fraction of sp³-hybridized carbons (Fsp3) is 0.286. The average molecular weight is 293 g/mol. The van der Waals surface area contributed by atoms with E-state index in [1.54, 1.807) is 12.1 Å². The third kappa shape index (κ3) is 2.86. The minimum atomic E-state index is -0.379. The van der Waals surface area contributed by atoms with E-state index in [1.165, 1.54) is 13.2 Å². The predicted molar refractivity (Wildman–Crippen MR) is 73.0 cm³/mol. The van der Waals surface area contributed by atoms with Gasteiger partial charge in [0.05, 0.1) is 29.5 Å². The van der Waals surface area contributed by atoms with Gasteiger partial charge in [0.1, 0.15) is 0 Å². The predicted octanol–water partition coefficient (Wildman–Crippen LogP) is 3.66. The highest BCUT2D eigenvalue weighted by Gasteiger charge is 2.18. The number of nitriles is 1. The average Bonchev–Trinajstić information content (AvgIpc) is 2.87. The van der Waals surface area contributed by atoms with Gasteiger partial charge >= 0.3 is 0 Å². The molecule has 0 spiro atoms. The van der Waals surface area contributed by atoms with Crippen molar-refractivity contribution in [3.05, 3.63) is 40.2 Å². The van der Waals surface area contributed by atoms with Gasteiger partial charge in [-0.15, -0.1) is 0 Å². The van der Waals surface area contributed by atoms with Gasteiger partial charge in [0.25, 0.3) is 0 Å². The van der Waals surface area contributed by atoms with Crippen LogP contribution in [0.4, 0.5) is 0 Å². The van der Waals surface area contributed by atoms with Gasteiger partial charge in [0, 0.05) is 12.1 Å². The molecular weight excluding hydrogens is 280 g/mol. The summed E-state index contributed by atoms with van der Waals surface area (Å²) in [7, 11) is 1.49. The van der Waals surface area contributed by atoms with E-state index in [4.69, 9.17) is 30.9 Å². The van der Waals surface area contributed by atoms with Crippen LogP contribution in [0.15, 0.2) is 22.7 Å². The molecule has 6 heteroatoms. The smallest absolute Gasteiger partial charge is 0.180 e. The van der Waals surface area contributed by atoms with E-state index in [2.05, 4.69) is 5.16 Å². The van der Waals surface area contributed by atoms with Crippen LogP contribution in [0.1, 0.15) is 30.0 Å². The number of hydrogen-bond donors (Lipinski definition) is 0. The first-order valence-corrected chi connectivity index (χ1v) is 6.30. The Kier molecular flexibility index (Phi) is 4.16. The molecule has 104 valence electrons. The van der Waals surface area contributed by atoms with Crippen LogP contribution in [-0.2, 0) is 0 Å². The second kappa shape index (κ2) is 5.85. The second-order valence-corrected chi connectivity index (χ2v) is 4.64. The van der Waals surface area contributed by atoms with Crippen molar-refractivity contribution in [1.29, 1.82) is 5.26 Å². The van der Waals surface area contributed by atoms with Crippen LogP contribution >= 0.6 is 11.6 Å². The molecule has 20 heavy (non-hydrogen) atoms. The standard InChI is InChI=1S/C14H13ClN2O3/c1-8-4-12(20-17-8)9(2)19-14-11(15)5-10(7-16)6-13(14)18-3/h4-6,9H,1-3H3. The Morgan fingerprint density at radius 2 is 2.15 bits per heavy atom. The maximum Gasteiger partial charge on any atom is 0.180 e. The number of hydrogen-bond acceptors (Lipinski definition) is 5. The number of methoxy groups -OCH3 is 1. The molecule has 0 saturated carbocycles. The minimum Gasteiger partial charge on any atom is -0.493 e. The molecule has 5 nitrogen and oxygen atoms in total. The van der Waals surface area contributed by atoms with E-state index in [1.807, 2.05) is 19.9 Å². The molecule has 0 bridgehead atoms. The lowest BCUT2D eigenvalue weighted by Crippen LogP contribution is -2.04. The Balaban J connectivity index is 2.31. The molecule has 2 aromatic rings. The van der Waals surface area contributed by atoms with Crippen LogP contribution in [0, 0.1) is 18.3 Å². The molecule has 0 aliphatic rings. The zero-order chi connectivity index (χ0) is 14.7. The summed E-state index contributed by atoms with van der Waals surface area (Å²) in [5, 5.41) is 13.0. The highest BCUT2D eigenvalue weighted by atomic mass is 35.5. The number of aryl methyl sites for hydroxylation is 1. The van der Waals surface area contributed by atoms with Crippen molar-refractivity contribution in [2.45, 2.75) is 20.0 Å². The molecule has 1 heterocycles. The summed E-state index contributed by atoms with van der Waals surface area (Å²) in [6.45, 7) is 3.64. The quantitative estimate of drug-likeness (QED) is 0.860. The molecule has 0 amide bonds. The van der Waals surface area contributed by atoms with E-state index in [0.29, 0.717) is 27.8 Å². The van der Waals surface area contributed by atoms with Gasteiger partial charge in [0.15, 0.2) is 23.4 Å².